The van der Waals surface area contributed by atoms with Gasteiger partial charge >= 0.3 is 0 Å². The van der Waals surface area contributed by atoms with Gasteiger partial charge in [-0.15, -0.1) is 10.2 Å². The minimum Gasteiger partial charge on any atom is -0.461 e. The van der Waals surface area contributed by atoms with E-state index in [9.17, 15) is 10.1 Å². The van der Waals surface area contributed by atoms with Crippen LogP contribution < -0.4 is 5.32 Å². The van der Waals surface area contributed by atoms with E-state index in [2.05, 4.69) is 21.6 Å². The third kappa shape index (κ3) is 4.42. The Labute approximate surface area is 177 Å². The lowest BCUT2D eigenvalue weighted by Crippen LogP contribution is -2.15. The van der Waals surface area contributed by atoms with E-state index in [-0.39, 0.29) is 11.7 Å². The van der Waals surface area contributed by atoms with Crippen molar-refractivity contribution in [3.63, 3.8) is 0 Å². The zero-order chi connectivity index (χ0) is 20.8. The fourth-order valence-corrected chi connectivity index (χ4v) is 3.64. The van der Waals surface area contributed by atoms with E-state index in [4.69, 9.17) is 4.42 Å². The van der Waals surface area contributed by atoms with Crippen molar-refractivity contribution >= 4 is 23.4 Å². The van der Waals surface area contributed by atoms with Crippen molar-refractivity contribution in [1.82, 2.24) is 14.8 Å². The van der Waals surface area contributed by atoms with Gasteiger partial charge in [-0.3, -0.25) is 9.36 Å². The molecule has 2 aromatic carbocycles. The lowest BCUT2D eigenvalue weighted by Gasteiger charge is -2.10. The number of benzene rings is 2. The molecule has 30 heavy (non-hydrogen) atoms. The van der Waals surface area contributed by atoms with Crippen LogP contribution in [0, 0.1) is 11.3 Å². The molecule has 2 aromatic heterocycles. The number of carbonyl (C=O) groups is 1. The second-order valence-corrected chi connectivity index (χ2v) is 7.29. The monoisotopic (exact) mass is 415 g/mol. The number of thioether (sulfide) groups is 1. The summed E-state index contributed by atoms with van der Waals surface area (Å²) in [5.41, 5.74) is 2.00. The van der Waals surface area contributed by atoms with Crippen LogP contribution in [0.15, 0.2) is 82.6 Å². The molecular formula is C22H17N5O2S. The highest BCUT2D eigenvalue weighted by atomic mass is 32.2. The van der Waals surface area contributed by atoms with Crippen LogP contribution >= 0.6 is 11.8 Å². The number of hydrogen-bond acceptors (Lipinski definition) is 6. The van der Waals surface area contributed by atoms with Crippen LogP contribution in [0.25, 0.3) is 11.6 Å². The van der Waals surface area contributed by atoms with Gasteiger partial charge in [0, 0.05) is 0 Å². The summed E-state index contributed by atoms with van der Waals surface area (Å²) in [6.45, 7) is 0.547. The first-order valence-electron chi connectivity index (χ1n) is 9.17. The molecule has 8 heteroatoms. The molecule has 0 aliphatic heterocycles. The maximum atomic E-state index is 12.4. The fraction of sp³-hybridized carbons (Fsp3) is 0.0909. The van der Waals surface area contributed by atoms with Crippen molar-refractivity contribution < 1.29 is 9.21 Å². The number of furan rings is 1. The molecule has 0 aliphatic rings. The van der Waals surface area contributed by atoms with E-state index in [0.29, 0.717) is 34.5 Å². The third-order valence-corrected chi connectivity index (χ3v) is 5.26. The van der Waals surface area contributed by atoms with Gasteiger partial charge in [-0.1, -0.05) is 54.2 Å². The Morgan fingerprint density at radius 3 is 2.63 bits per heavy atom. The maximum absolute atomic E-state index is 12.4. The van der Waals surface area contributed by atoms with Crippen molar-refractivity contribution in [3.05, 3.63) is 84.1 Å². The van der Waals surface area contributed by atoms with E-state index in [1.165, 1.54) is 11.8 Å². The Morgan fingerprint density at radius 2 is 1.87 bits per heavy atom. The summed E-state index contributed by atoms with van der Waals surface area (Å²) in [6, 6.07) is 22.5. The van der Waals surface area contributed by atoms with Gasteiger partial charge in [0.15, 0.2) is 10.9 Å². The van der Waals surface area contributed by atoms with Crippen LogP contribution in [-0.4, -0.2) is 26.4 Å². The number of nitrogens with one attached hydrogen (secondary N) is 1. The summed E-state index contributed by atoms with van der Waals surface area (Å²) in [4.78, 5) is 12.4. The zero-order valence-corrected chi connectivity index (χ0v) is 16.7. The first kappa shape index (κ1) is 19.5. The van der Waals surface area contributed by atoms with Gasteiger partial charge in [-0.25, -0.2) is 0 Å². The lowest BCUT2D eigenvalue weighted by molar-refractivity contribution is -0.113. The molecule has 0 bridgehead atoms. The number of nitriles is 1. The van der Waals surface area contributed by atoms with E-state index < -0.39 is 0 Å². The van der Waals surface area contributed by atoms with Gasteiger partial charge < -0.3 is 9.73 Å². The number of aromatic nitrogens is 3. The lowest BCUT2D eigenvalue weighted by atomic mass is 10.2. The molecule has 0 aliphatic carbocycles. The van der Waals surface area contributed by atoms with Crippen LogP contribution in [-0.2, 0) is 11.3 Å². The number of carbonyl (C=O) groups excluding carboxylic acids is 1. The molecule has 0 spiro atoms. The molecule has 4 rings (SSSR count). The van der Waals surface area contributed by atoms with Crippen molar-refractivity contribution in [2.75, 3.05) is 11.1 Å². The molecular weight excluding hydrogens is 398 g/mol. The smallest absolute Gasteiger partial charge is 0.234 e. The summed E-state index contributed by atoms with van der Waals surface area (Å²) >= 11 is 1.28. The number of amides is 1. The van der Waals surface area contributed by atoms with Crippen molar-refractivity contribution in [2.45, 2.75) is 11.7 Å². The van der Waals surface area contributed by atoms with Crippen molar-refractivity contribution in [2.24, 2.45) is 0 Å². The summed E-state index contributed by atoms with van der Waals surface area (Å²) in [5.74, 6) is 1.11. The van der Waals surface area contributed by atoms with Gasteiger partial charge in [-0.2, -0.15) is 5.26 Å². The van der Waals surface area contributed by atoms with Crippen LogP contribution in [0.5, 0.6) is 0 Å². The molecule has 2 heterocycles. The quantitative estimate of drug-likeness (QED) is 0.455. The van der Waals surface area contributed by atoms with Gasteiger partial charge in [-0.05, 0) is 29.8 Å². The first-order chi connectivity index (χ1) is 14.7. The van der Waals surface area contributed by atoms with Crippen LogP contribution in [0.2, 0.25) is 0 Å². The van der Waals surface area contributed by atoms with Crippen LogP contribution in [0.1, 0.15) is 11.1 Å². The molecule has 0 fully saturated rings. The number of hydrogen-bond donors (Lipinski definition) is 1. The van der Waals surface area contributed by atoms with Gasteiger partial charge in [0.2, 0.25) is 11.7 Å². The molecule has 0 unspecified atom stereocenters. The minimum atomic E-state index is -0.225. The Kier molecular flexibility index (Phi) is 5.92. The molecule has 0 atom stereocenters. The molecule has 0 saturated heterocycles. The molecule has 4 aromatic rings. The van der Waals surface area contributed by atoms with Gasteiger partial charge in [0.25, 0.3) is 0 Å². The minimum absolute atomic E-state index is 0.130. The molecule has 0 radical (unpaired) electrons. The van der Waals surface area contributed by atoms with E-state index in [1.807, 2.05) is 41.0 Å². The van der Waals surface area contributed by atoms with Gasteiger partial charge in [0.05, 0.1) is 29.8 Å². The summed E-state index contributed by atoms with van der Waals surface area (Å²) in [6.07, 6.45) is 1.59. The molecule has 148 valence electrons. The zero-order valence-electron chi connectivity index (χ0n) is 15.9. The first-order valence-corrected chi connectivity index (χ1v) is 10.2. The molecule has 0 saturated carbocycles. The fourth-order valence-electron chi connectivity index (χ4n) is 2.90. The number of anilines is 1. The Hall–Kier alpha value is -3.83. The van der Waals surface area contributed by atoms with E-state index >= 15 is 0 Å². The highest BCUT2D eigenvalue weighted by Gasteiger charge is 2.18. The molecule has 1 amide bonds. The van der Waals surface area contributed by atoms with Crippen molar-refractivity contribution in [3.8, 4) is 17.7 Å². The Morgan fingerprint density at radius 1 is 1.07 bits per heavy atom. The highest BCUT2D eigenvalue weighted by molar-refractivity contribution is 7.99. The standard InChI is InChI=1S/C22H17N5O2S/c23-13-17-9-4-5-10-18(17)24-20(28)15-30-22-26-25-21(19-11-6-12-29-19)27(22)14-16-7-2-1-3-8-16/h1-12H,14-15H2,(H,24,28). The Bertz CT molecular complexity index is 1180. The highest BCUT2D eigenvalue weighted by Crippen LogP contribution is 2.26. The summed E-state index contributed by atoms with van der Waals surface area (Å²) in [7, 11) is 0. The average molecular weight is 415 g/mol. The van der Waals surface area contributed by atoms with E-state index in [1.54, 1.807) is 36.6 Å². The SMILES string of the molecule is N#Cc1ccccc1NC(=O)CSc1nnc(-c2ccco2)n1Cc1ccccc1. The molecule has 7 nitrogen and oxygen atoms in total. The maximum Gasteiger partial charge on any atom is 0.234 e. The number of rotatable bonds is 7. The summed E-state index contributed by atoms with van der Waals surface area (Å²) < 4.78 is 7.42. The van der Waals surface area contributed by atoms with Gasteiger partial charge in [0.1, 0.15) is 6.07 Å². The average Bonchev–Trinajstić information content (AvgIpc) is 3.43. The summed E-state index contributed by atoms with van der Waals surface area (Å²) in [5, 5.41) is 21.1. The predicted molar refractivity (Wildman–Crippen MR) is 114 cm³/mol. The number of para-hydroxylation sites is 1. The number of nitrogens with zero attached hydrogens (tertiary/aromatic N) is 4. The normalized spacial score (nSPS) is 10.5. The topological polar surface area (TPSA) is 96.7 Å². The predicted octanol–water partition coefficient (Wildman–Crippen LogP) is 4.19. The van der Waals surface area contributed by atoms with E-state index in [0.717, 1.165) is 5.56 Å². The van der Waals surface area contributed by atoms with Crippen LogP contribution in [0.4, 0.5) is 5.69 Å². The van der Waals surface area contributed by atoms with Crippen LogP contribution in [0.3, 0.4) is 0 Å². The third-order valence-electron chi connectivity index (χ3n) is 4.30. The second kappa shape index (κ2) is 9.11. The van der Waals surface area contributed by atoms with Crippen molar-refractivity contribution in [1.29, 1.82) is 5.26 Å². The molecule has 1 N–H and O–H groups in total. The second-order valence-electron chi connectivity index (χ2n) is 6.35. The Balaban J connectivity index is 1.52. The largest absolute Gasteiger partial charge is 0.461 e.